The summed E-state index contributed by atoms with van der Waals surface area (Å²) in [6.45, 7) is 0. The molecule has 1 aromatic carbocycles. The number of benzene rings is 1. The molecule has 0 radical (unpaired) electrons. The molecule has 3 N–H and O–H groups in total. The van der Waals surface area contributed by atoms with E-state index in [4.69, 9.17) is 5.84 Å². The van der Waals surface area contributed by atoms with Crippen molar-refractivity contribution in [2.75, 3.05) is 5.75 Å². The molecule has 1 fully saturated rings. The standard InChI is InChI=1S/C15H22BrFN2S/c16-14-9-11(6-7-15(14)17)8-12(19-18)10-20-13-4-2-1-3-5-13/h6-7,9,12-13,19H,1-5,8,10,18H2. The summed E-state index contributed by atoms with van der Waals surface area (Å²) in [6.07, 6.45) is 7.62. The van der Waals surface area contributed by atoms with Gasteiger partial charge in [0, 0.05) is 17.0 Å². The van der Waals surface area contributed by atoms with Crippen LogP contribution in [0.4, 0.5) is 4.39 Å². The van der Waals surface area contributed by atoms with E-state index in [0.29, 0.717) is 4.47 Å². The summed E-state index contributed by atoms with van der Waals surface area (Å²) < 4.78 is 13.7. The summed E-state index contributed by atoms with van der Waals surface area (Å²) in [4.78, 5) is 0. The molecular formula is C15H22BrFN2S. The lowest BCUT2D eigenvalue weighted by Gasteiger charge is -2.23. The molecule has 20 heavy (non-hydrogen) atoms. The lowest BCUT2D eigenvalue weighted by atomic mass is 10.0. The molecular weight excluding hydrogens is 339 g/mol. The number of nitrogens with one attached hydrogen (secondary N) is 1. The molecule has 1 saturated carbocycles. The summed E-state index contributed by atoms with van der Waals surface area (Å²) in [5.41, 5.74) is 4.00. The van der Waals surface area contributed by atoms with Gasteiger partial charge in [-0.25, -0.2) is 4.39 Å². The van der Waals surface area contributed by atoms with Crippen LogP contribution in [0.1, 0.15) is 37.7 Å². The third-order valence-corrected chi connectivity index (χ3v) is 5.93. The van der Waals surface area contributed by atoms with E-state index < -0.39 is 0 Å². The molecule has 1 aliphatic carbocycles. The van der Waals surface area contributed by atoms with Crippen LogP contribution in [0.3, 0.4) is 0 Å². The first-order valence-electron chi connectivity index (χ1n) is 7.20. The Hall–Kier alpha value is -0.100. The zero-order chi connectivity index (χ0) is 14.4. The molecule has 0 saturated heterocycles. The lowest BCUT2D eigenvalue weighted by Crippen LogP contribution is -2.39. The van der Waals surface area contributed by atoms with Crippen molar-refractivity contribution in [3.05, 3.63) is 34.1 Å². The van der Waals surface area contributed by atoms with Gasteiger partial charge in [0.2, 0.25) is 0 Å². The van der Waals surface area contributed by atoms with Crippen LogP contribution < -0.4 is 11.3 Å². The van der Waals surface area contributed by atoms with Crippen LogP contribution in [0.5, 0.6) is 0 Å². The van der Waals surface area contributed by atoms with Crippen molar-refractivity contribution in [1.82, 2.24) is 5.43 Å². The fourth-order valence-electron chi connectivity index (χ4n) is 2.60. The number of hydrogen-bond acceptors (Lipinski definition) is 3. The quantitative estimate of drug-likeness (QED) is 0.594. The number of hydrogen-bond donors (Lipinski definition) is 2. The highest BCUT2D eigenvalue weighted by atomic mass is 79.9. The fraction of sp³-hybridized carbons (Fsp3) is 0.600. The van der Waals surface area contributed by atoms with E-state index in [-0.39, 0.29) is 11.9 Å². The van der Waals surface area contributed by atoms with Gasteiger partial charge in [0.05, 0.1) is 4.47 Å². The molecule has 0 amide bonds. The SMILES string of the molecule is NNC(CSC1CCCCC1)Cc1ccc(F)c(Br)c1. The van der Waals surface area contributed by atoms with Crippen LogP contribution >= 0.6 is 27.7 Å². The Morgan fingerprint density at radius 3 is 2.75 bits per heavy atom. The molecule has 1 atom stereocenters. The normalized spacial score (nSPS) is 18.1. The molecule has 112 valence electrons. The second-order valence-electron chi connectivity index (χ2n) is 5.41. The molecule has 0 aromatic heterocycles. The van der Waals surface area contributed by atoms with E-state index in [0.717, 1.165) is 23.0 Å². The lowest BCUT2D eigenvalue weighted by molar-refractivity contribution is 0.513. The van der Waals surface area contributed by atoms with Crippen molar-refractivity contribution in [3.63, 3.8) is 0 Å². The number of hydrazine groups is 1. The smallest absolute Gasteiger partial charge is 0.137 e. The summed E-state index contributed by atoms with van der Waals surface area (Å²) >= 11 is 5.26. The molecule has 1 unspecified atom stereocenters. The van der Waals surface area contributed by atoms with Gasteiger partial charge in [-0.15, -0.1) is 0 Å². The highest BCUT2D eigenvalue weighted by molar-refractivity contribution is 9.10. The number of thioether (sulfide) groups is 1. The van der Waals surface area contributed by atoms with Crippen molar-refractivity contribution in [2.24, 2.45) is 5.84 Å². The van der Waals surface area contributed by atoms with Crippen LogP contribution in [-0.4, -0.2) is 17.0 Å². The topological polar surface area (TPSA) is 38.0 Å². The van der Waals surface area contributed by atoms with Gasteiger partial charge in [0.15, 0.2) is 0 Å². The zero-order valence-corrected chi connectivity index (χ0v) is 14.0. The Kier molecular flexibility index (Phi) is 6.81. The van der Waals surface area contributed by atoms with Gasteiger partial charge in [-0.1, -0.05) is 25.3 Å². The van der Waals surface area contributed by atoms with Gasteiger partial charge in [-0.2, -0.15) is 11.8 Å². The van der Waals surface area contributed by atoms with Gasteiger partial charge >= 0.3 is 0 Å². The van der Waals surface area contributed by atoms with Crippen LogP contribution in [-0.2, 0) is 6.42 Å². The highest BCUT2D eigenvalue weighted by Crippen LogP contribution is 2.29. The first kappa shape index (κ1) is 16.3. The summed E-state index contributed by atoms with van der Waals surface area (Å²) in [6, 6.07) is 5.40. The Bertz CT molecular complexity index is 424. The van der Waals surface area contributed by atoms with Gasteiger partial charge in [0.1, 0.15) is 5.82 Å². The first-order chi connectivity index (χ1) is 9.69. The number of nitrogens with two attached hydrogens (primary N) is 1. The Balaban J connectivity index is 1.83. The predicted molar refractivity (Wildman–Crippen MR) is 88.2 cm³/mol. The first-order valence-corrected chi connectivity index (χ1v) is 9.05. The third kappa shape index (κ3) is 5.02. The molecule has 1 aliphatic rings. The predicted octanol–water partition coefficient (Wildman–Crippen LogP) is 4.03. The van der Waals surface area contributed by atoms with E-state index in [1.165, 1.54) is 38.2 Å². The maximum atomic E-state index is 13.2. The third-order valence-electron chi connectivity index (χ3n) is 3.79. The Labute approximate surface area is 133 Å². The van der Waals surface area contributed by atoms with Crippen molar-refractivity contribution in [2.45, 2.75) is 49.8 Å². The maximum absolute atomic E-state index is 13.2. The molecule has 1 aromatic rings. The van der Waals surface area contributed by atoms with Crippen molar-refractivity contribution < 1.29 is 4.39 Å². The van der Waals surface area contributed by atoms with Gasteiger partial charge in [-0.05, 0) is 52.9 Å². The van der Waals surface area contributed by atoms with E-state index >= 15 is 0 Å². The summed E-state index contributed by atoms with van der Waals surface area (Å²) in [7, 11) is 0. The average molecular weight is 361 g/mol. The molecule has 2 nitrogen and oxygen atoms in total. The largest absolute Gasteiger partial charge is 0.271 e. The summed E-state index contributed by atoms with van der Waals surface area (Å²) in [5, 5.41) is 0.791. The minimum absolute atomic E-state index is 0.220. The molecule has 0 aliphatic heterocycles. The van der Waals surface area contributed by atoms with Crippen molar-refractivity contribution >= 4 is 27.7 Å². The number of halogens is 2. The monoisotopic (exact) mass is 360 g/mol. The molecule has 0 spiro atoms. The van der Waals surface area contributed by atoms with Gasteiger partial charge in [-0.3, -0.25) is 11.3 Å². The van der Waals surface area contributed by atoms with Crippen LogP contribution in [0.25, 0.3) is 0 Å². The van der Waals surface area contributed by atoms with Crippen LogP contribution in [0, 0.1) is 5.82 Å². The molecule has 5 heteroatoms. The molecule has 2 rings (SSSR count). The second-order valence-corrected chi connectivity index (χ2v) is 7.60. The van der Waals surface area contributed by atoms with Gasteiger partial charge < -0.3 is 0 Å². The molecule has 0 bridgehead atoms. The Morgan fingerprint density at radius 2 is 2.10 bits per heavy atom. The van der Waals surface area contributed by atoms with Crippen LogP contribution in [0.2, 0.25) is 0 Å². The Morgan fingerprint density at radius 1 is 1.35 bits per heavy atom. The fourth-order valence-corrected chi connectivity index (χ4v) is 4.41. The van der Waals surface area contributed by atoms with Gasteiger partial charge in [0.25, 0.3) is 0 Å². The van der Waals surface area contributed by atoms with Crippen molar-refractivity contribution in [3.8, 4) is 0 Å². The van der Waals surface area contributed by atoms with Crippen LogP contribution in [0.15, 0.2) is 22.7 Å². The minimum atomic E-state index is -0.220. The number of rotatable bonds is 6. The van der Waals surface area contributed by atoms with E-state index in [1.807, 2.05) is 23.9 Å². The van der Waals surface area contributed by atoms with Crippen molar-refractivity contribution in [1.29, 1.82) is 0 Å². The average Bonchev–Trinajstić information content (AvgIpc) is 2.48. The minimum Gasteiger partial charge on any atom is -0.271 e. The van der Waals surface area contributed by atoms with E-state index in [1.54, 1.807) is 0 Å². The summed E-state index contributed by atoms with van der Waals surface area (Å²) in [5.74, 6) is 6.45. The van der Waals surface area contributed by atoms with E-state index in [9.17, 15) is 4.39 Å². The zero-order valence-electron chi connectivity index (χ0n) is 11.6. The second kappa shape index (κ2) is 8.37. The maximum Gasteiger partial charge on any atom is 0.137 e. The highest BCUT2D eigenvalue weighted by Gasteiger charge is 2.16. The van der Waals surface area contributed by atoms with E-state index in [2.05, 4.69) is 21.4 Å². The molecule has 0 heterocycles.